The smallest absolute Gasteiger partial charge is 0.531 e. The van der Waals surface area contributed by atoms with Crippen LogP contribution in [0.3, 0.4) is 0 Å². The minimum absolute atomic E-state index is 0.0357. The number of hydrogen-bond donors (Lipinski definition) is 9. The lowest BCUT2D eigenvalue weighted by atomic mass is 9.68. The van der Waals surface area contributed by atoms with Gasteiger partial charge in [0, 0.05) is 80.2 Å². The van der Waals surface area contributed by atoms with Gasteiger partial charge in [0.1, 0.15) is 51.6 Å². The maximum atomic E-state index is 13.1. The lowest BCUT2D eigenvalue weighted by Crippen LogP contribution is -2.45. The third-order valence-electron chi connectivity index (χ3n) is 16.0. The van der Waals surface area contributed by atoms with Crippen molar-refractivity contribution in [3.63, 3.8) is 0 Å². The summed E-state index contributed by atoms with van der Waals surface area (Å²) in [5, 5.41) is 32.8. The second-order valence-electron chi connectivity index (χ2n) is 21.8. The molecule has 0 amide bonds. The zero-order valence-electron chi connectivity index (χ0n) is 46.0. The average molecular weight is 1280 g/mol. The fourth-order valence-corrected chi connectivity index (χ4v) is 14.9. The lowest BCUT2D eigenvalue weighted by Gasteiger charge is -2.39. The number of nitrogens with one attached hydrogen (secondary N) is 5. The molecule has 452 valence electrons. The Balaban J connectivity index is 0.000000120. The highest BCUT2D eigenvalue weighted by Crippen LogP contribution is 2.49. The Morgan fingerprint density at radius 2 is 0.773 bits per heavy atom. The first-order valence-electron chi connectivity index (χ1n) is 27.6. The number of rotatable bonds is 10. The molecule has 3 saturated carbocycles. The van der Waals surface area contributed by atoms with E-state index >= 15 is 0 Å². The highest BCUT2D eigenvalue weighted by atomic mass is 35.7. The van der Waals surface area contributed by atoms with Crippen molar-refractivity contribution >= 4 is 111 Å². The minimum Gasteiger partial charge on any atom is -0.531 e. The summed E-state index contributed by atoms with van der Waals surface area (Å²) in [6.45, 7) is 0. The fraction of sp³-hybridized carbons (Fsp3) is 0.211. The normalized spacial score (nSPS) is 21.0. The Hall–Kier alpha value is -7.77. The van der Waals surface area contributed by atoms with Gasteiger partial charge in [-0.15, -0.1) is 0 Å². The van der Waals surface area contributed by atoms with Crippen molar-refractivity contribution in [2.24, 2.45) is 23.5 Å². The van der Waals surface area contributed by atoms with Gasteiger partial charge in [-0.05, 0) is 182 Å². The van der Waals surface area contributed by atoms with E-state index in [4.69, 9.17) is 30.4 Å². The third kappa shape index (κ3) is 12.8. The average Bonchev–Trinajstić information content (AvgIpc) is 1.30. The molecule has 31 heteroatoms. The van der Waals surface area contributed by atoms with Gasteiger partial charge in [0.2, 0.25) is 20.0 Å². The van der Waals surface area contributed by atoms with Crippen molar-refractivity contribution in [2.75, 3.05) is 0 Å². The van der Waals surface area contributed by atoms with E-state index in [2.05, 4.69) is 39.3 Å². The molecule has 6 aromatic heterocycles. The van der Waals surface area contributed by atoms with Crippen molar-refractivity contribution in [3.05, 3.63) is 180 Å². The quantitative estimate of drug-likeness (QED) is 0.0477. The number of allylic oxidation sites excluding steroid dienone is 3. The maximum Gasteiger partial charge on any atom is 0.552 e. The summed E-state index contributed by atoms with van der Waals surface area (Å²) in [5.41, 5.74) is 14.0. The minimum atomic E-state index is -3.71. The summed E-state index contributed by atoms with van der Waals surface area (Å²) < 4.78 is 131. The zero-order valence-corrected chi connectivity index (χ0v) is 49.2. The van der Waals surface area contributed by atoms with E-state index in [9.17, 15) is 53.5 Å². The molecule has 3 aromatic carbocycles. The number of aromatic amines is 3. The second kappa shape index (κ2) is 24.3. The van der Waals surface area contributed by atoms with E-state index in [-0.39, 0.29) is 44.6 Å². The van der Waals surface area contributed by atoms with Gasteiger partial charge >= 0.3 is 21.4 Å². The number of hydrogen-bond acceptors (Lipinski definition) is 16. The Morgan fingerprint density at radius 3 is 1.07 bits per heavy atom. The topological polar surface area (TPSA) is 327 Å². The molecule has 0 radical (unpaired) electrons. The van der Waals surface area contributed by atoms with Crippen LogP contribution in [0.1, 0.15) is 55.2 Å². The fourth-order valence-electron chi connectivity index (χ4n) is 11.6. The van der Waals surface area contributed by atoms with Crippen LogP contribution < -0.4 is 29.1 Å². The Bertz CT molecular complexity index is 4380. The third-order valence-corrected chi connectivity index (χ3v) is 20.4. The van der Waals surface area contributed by atoms with Gasteiger partial charge in [-0.25, -0.2) is 62.8 Å². The maximum absolute atomic E-state index is 13.1. The van der Waals surface area contributed by atoms with Gasteiger partial charge in [0.25, 0.3) is 9.05 Å². The molecule has 0 spiro atoms. The Kier molecular flexibility index (Phi) is 16.7. The predicted molar refractivity (Wildman–Crippen MR) is 325 cm³/mol. The lowest BCUT2D eigenvalue weighted by molar-refractivity contribution is 0.308. The molecule has 3 aliphatic heterocycles. The molecule has 3 fully saturated rings. The first kappa shape index (κ1) is 60.5. The molecule has 21 nitrogen and oxygen atoms in total. The number of halogens is 4. The predicted octanol–water partition coefficient (Wildman–Crippen LogP) is 7.36. The summed E-state index contributed by atoms with van der Waals surface area (Å²) in [6.07, 6.45) is 14.6. The number of pyridine rings is 3. The van der Waals surface area contributed by atoms with E-state index in [1.807, 2.05) is 24.4 Å². The summed E-state index contributed by atoms with van der Waals surface area (Å²) in [7, 11) is -9.20. The molecule has 0 unspecified atom stereocenters. The number of benzene rings is 3. The summed E-state index contributed by atoms with van der Waals surface area (Å²) in [5.74, 6) is 5.92. The molecule has 0 atom stereocenters. The van der Waals surface area contributed by atoms with Crippen LogP contribution in [0, 0.1) is 35.2 Å². The summed E-state index contributed by atoms with van der Waals surface area (Å²) in [4.78, 5) is 22.1. The van der Waals surface area contributed by atoms with E-state index in [0.717, 1.165) is 128 Å². The number of aromatic nitrogens is 6. The molecule has 6 aliphatic rings. The first-order chi connectivity index (χ1) is 42.0. The Labute approximate surface area is 507 Å². The summed E-state index contributed by atoms with van der Waals surface area (Å²) >= 11 is 0. The molecular weight excluding hydrogens is 1220 g/mol. The molecule has 0 bridgehead atoms. The molecule has 3 aliphatic carbocycles. The highest BCUT2D eigenvalue weighted by Gasteiger charge is 2.42. The van der Waals surface area contributed by atoms with E-state index < -0.39 is 67.9 Å². The largest absolute Gasteiger partial charge is 0.552 e. The molecular formula is C57H52B3ClF3N9O12S3. The number of nitrogens with zero attached hydrogens (tertiary/aromatic N) is 3. The van der Waals surface area contributed by atoms with Crippen molar-refractivity contribution in [1.82, 2.24) is 39.3 Å². The molecule has 10 N–H and O–H groups in total. The number of H-pyrrole nitrogens is 3. The van der Waals surface area contributed by atoms with Crippen molar-refractivity contribution in [1.29, 1.82) is 0 Å². The molecule has 88 heavy (non-hydrogen) atoms. The standard InChI is InChI=1S/2C19H17BFN3O4S.C13H14BN3O2.C6H4ClFO2S/c2*21-12-1-3-14(4-2-12)29(26,27)24-13-7-11(8-13)16-9-20(25)28-17-10-23-19-15(18(16)17)5-6-22-19;15-8-3-7(4-8)10-5-14(18)19-11-6-17-13-9(12(10)11)1-2-16-13;7-11(9,10)6-3-1-5(8)2-4-6/h2*1-6,9-11,13,24-25H,7-8H2,(H,22,23);1-2,5-8,18H,3-4,15H2,(H,16,17);1-4H. The SMILES string of the molecule is NC1CC(C2=CB(O)Oc3cnc4[nH]ccc4c32)C1.O=S(=O)(Cl)c1ccc(F)cc1.O=S(=O)(NC1CC(C2=CB(O)Oc3cnc4[nH]ccc4c32)C1)c1ccc(F)cc1.O=S(=O)(NC1CC(C2=CB(O)Oc3cnc4[nH]ccc4c32)C1)c1ccc(F)cc1. The molecule has 15 rings (SSSR count). The van der Waals surface area contributed by atoms with Crippen LogP contribution in [0.25, 0.3) is 49.8 Å². The van der Waals surface area contributed by atoms with E-state index in [1.165, 1.54) is 24.3 Å². The summed E-state index contributed by atoms with van der Waals surface area (Å²) in [6, 6.07) is 19.4. The van der Waals surface area contributed by atoms with Gasteiger partial charge < -0.3 is 49.7 Å². The van der Waals surface area contributed by atoms with Crippen molar-refractivity contribution in [3.8, 4) is 17.2 Å². The molecule has 0 saturated heterocycles. The first-order valence-corrected chi connectivity index (χ1v) is 32.9. The van der Waals surface area contributed by atoms with E-state index in [0.29, 0.717) is 48.8 Å². The van der Waals surface area contributed by atoms with Crippen LogP contribution in [-0.4, -0.2) is 110 Å². The van der Waals surface area contributed by atoms with Gasteiger partial charge in [0.15, 0.2) is 0 Å². The second-order valence-corrected chi connectivity index (χ2v) is 27.8. The van der Waals surface area contributed by atoms with Crippen LogP contribution in [0.2, 0.25) is 0 Å². The number of nitrogens with two attached hydrogens (primary N) is 1. The van der Waals surface area contributed by atoms with Crippen LogP contribution >= 0.6 is 10.7 Å². The van der Waals surface area contributed by atoms with Crippen LogP contribution in [-0.2, 0) is 29.1 Å². The Morgan fingerprint density at radius 1 is 0.477 bits per heavy atom. The van der Waals surface area contributed by atoms with Crippen molar-refractivity contribution in [2.45, 2.75) is 71.3 Å². The van der Waals surface area contributed by atoms with Gasteiger partial charge in [0.05, 0.1) is 33.3 Å². The number of fused-ring (bicyclic) bond motifs is 9. The van der Waals surface area contributed by atoms with E-state index in [1.54, 1.807) is 48.9 Å². The molecule has 9 aromatic rings. The molecule has 9 heterocycles. The van der Waals surface area contributed by atoms with Crippen LogP contribution in [0.5, 0.6) is 17.2 Å². The van der Waals surface area contributed by atoms with Crippen molar-refractivity contribution < 1.29 is 67.5 Å². The monoisotopic (exact) mass is 1280 g/mol. The van der Waals surface area contributed by atoms with Gasteiger partial charge in [-0.2, -0.15) is 0 Å². The zero-order chi connectivity index (χ0) is 61.8. The highest BCUT2D eigenvalue weighted by molar-refractivity contribution is 8.13. The van der Waals surface area contributed by atoms with Crippen LogP contribution in [0.15, 0.2) is 161 Å². The van der Waals surface area contributed by atoms with Crippen LogP contribution in [0.4, 0.5) is 13.2 Å². The number of sulfonamides is 2. The van der Waals surface area contributed by atoms with Gasteiger partial charge in [-0.3, -0.25) is 0 Å². The van der Waals surface area contributed by atoms with Gasteiger partial charge in [-0.1, -0.05) is 0 Å².